The van der Waals surface area contributed by atoms with Crippen molar-refractivity contribution in [3.8, 4) is 6.07 Å². The molecule has 0 saturated heterocycles. The molecule has 3 amide bonds. The van der Waals surface area contributed by atoms with Gasteiger partial charge in [0.2, 0.25) is 11.8 Å². The Bertz CT molecular complexity index is 659. The van der Waals surface area contributed by atoms with Crippen LogP contribution >= 0.6 is 0 Å². The van der Waals surface area contributed by atoms with Gasteiger partial charge in [-0.2, -0.15) is 5.26 Å². The Hall–Kier alpha value is -3.12. The van der Waals surface area contributed by atoms with Crippen molar-refractivity contribution in [3.63, 3.8) is 0 Å². The Balaban J connectivity index is 2.57. The lowest BCUT2D eigenvalue weighted by Crippen LogP contribution is -2.54. The standard InChI is InChI=1S/C17H22N4O5/c1-11(8-18)7-13(15(19)23)20-16(24)14(9-22)21-17(25)26-10-12-5-3-2-4-6-12/h2-6,11,13-14,22H,7,9-10H2,1H3,(H2,19,23)(H,20,24)(H,21,25)/t11-,13-,14-/m0/s1. The average Bonchev–Trinajstić information content (AvgIpc) is 2.64. The van der Waals surface area contributed by atoms with Gasteiger partial charge in [0.1, 0.15) is 18.7 Å². The van der Waals surface area contributed by atoms with Gasteiger partial charge in [-0.15, -0.1) is 0 Å². The molecule has 1 aromatic rings. The van der Waals surface area contributed by atoms with Crippen LogP contribution in [0.25, 0.3) is 0 Å². The zero-order valence-corrected chi connectivity index (χ0v) is 14.3. The van der Waals surface area contributed by atoms with Crippen molar-refractivity contribution >= 4 is 17.9 Å². The summed E-state index contributed by atoms with van der Waals surface area (Å²) in [6.45, 7) is 0.867. The summed E-state index contributed by atoms with van der Waals surface area (Å²) in [6, 6.07) is 8.43. The number of primary amides is 1. The normalized spacial score (nSPS) is 13.6. The van der Waals surface area contributed by atoms with Crippen LogP contribution in [0.1, 0.15) is 18.9 Å². The van der Waals surface area contributed by atoms with E-state index < -0.39 is 42.5 Å². The van der Waals surface area contributed by atoms with E-state index in [0.29, 0.717) is 0 Å². The number of aliphatic hydroxyl groups is 1. The molecule has 26 heavy (non-hydrogen) atoms. The Kier molecular flexibility index (Phi) is 8.60. The van der Waals surface area contributed by atoms with Crippen LogP contribution in [0.4, 0.5) is 4.79 Å². The van der Waals surface area contributed by atoms with E-state index in [1.54, 1.807) is 31.2 Å². The van der Waals surface area contributed by atoms with Crippen LogP contribution in [0.3, 0.4) is 0 Å². The highest BCUT2D eigenvalue weighted by molar-refractivity contribution is 5.90. The molecule has 9 heteroatoms. The number of nitrogens with two attached hydrogens (primary N) is 1. The SMILES string of the molecule is C[C@H](C#N)C[C@H](NC(=O)[C@H](CO)NC(=O)OCc1ccccc1)C(N)=O. The number of hydrogen-bond donors (Lipinski definition) is 4. The Morgan fingerprint density at radius 1 is 1.23 bits per heavy atom. The largest absolute Gasteiger partial charge is 0.445 e. The van der Waals surface area contributed by atoms with Crippen molar-refractivity contribution in [2.45, 2.75) is 32.0 Å². The zero-order chi connectivity index (χ0) is 19.5. The Morgan fingerprint density at radius 2 is 1.88 bits per heavy atom. The highest BCUT2D eigenvalue weighted by atomic mass is 16.5. The Labute approximate surface area is 151 Å². The second-order valence-corrected chi connectivity index (χ2v) is 5.67. The maximum Gasteiger partial charge on any atom is 0.408 e. The summed E-state index contributed by atoms with van der Waals surface area (Å²) in [5.74, 6) is -2.13. The zero-order valence-electron chi connectivity index (χ0n) is 14.3. The third-order valence-electron chi connectivity index (χ3n) is 3.47. The number of rotatable bonds is 9. The molecule has 1 aromatic carbocycles. The van der Waals surface area contributed by atoms with Gasteiger partial charge in [0.15, 0.2) is 0 Å². The minimum absolute atomic E-state index is 0.00393. The van der Waals surface area contributed by atoms with Gasteiger partial charge in [-0.3, -0.25) is 9.59 Å². The van der Waals surface area contributed by atoms with Crippen LogP contribution < -0.4 is 16.4 Å². The van der Waals surface area contributed by atoms with Crippen LogP contribution in [-0.2, 0) is 20.9 Å². The summed E-state index contributed by atoms with van der Waals surface area (Å²) in [7, 11) is 0. The molecule has 3 atom stereocenters. The smallest absolute Gasteiger partial charge is 0.408 e. The molecule has 0 spiro atoms. The number of alkyl carbamates (subject to hydrolysis) is 1. The molecule has 0 saturated carbocycles. The maximum atomic E-state index is 12.1. The minimum atomic E-state index is -1.32. The fraction of sp³-hybridized carbons (Fsp3) is 0.412. The molecule has 5 N–H and O–H groups in total. The number of hydrogen-bond acceptors (Lipinski definition) is 6. The van der Waals surface area contributed by atoms with E-state index in [2.05, 4.69) is 10.6 Å². The molecule has 140 valence electrons. The highest BCUT2D eigenvalue weighted by Gasteiger charge is 2.26. The first-order valence-electron chi connectivity index (χ1n) is 7.94. The number of nitriles is 1. The van der Waals surface area contributed by atoms with Crippen molar-refractivity contribution in [2.24, 2.45) is 11.7 Å². The molecule has 0 fully saturated rings. The monoisotopic (exact) mass is 362 g/mol. The molecule has 1 rings (SSSR count). The van der Waals surface area contributed by atoms with Gasteiger partial charge < -0.3 is 26.2 Å². The van der Waals surface area contributed by atoms with Crippen LogP contribution in [-0.4, -0.2) is 41.7 Å². The van der Waals surface area contributed by atoms with Gasteiger partial charge in [0.25, 0.3) is 0 Å². The summed E-state index contributed by atoms with van der Waals surface area (Å²) < 4.78 is 4.97. The summed E-state index contributed by atoms with van der Waals surface area (Å²) in [4.78, 5) is 35.3. The quantitative estimate of drug-likeness (QED) is 0.476. The molecule has 0 aliphatic carbocycles. The average molecular weight is 362 g/mol. The van der Waals surface area contributed by atoms with Crippen molar-refractivity contribution in [2.75, 3.05) is 6.61 Å². The molecule has 0 heterocycles. The van der Waals surface area contributed by atoms with E-state index >= 15 is 0 Å². The van der Waals surface area contributed by atoms with Gasteiger partial charge in [0, 0.05) is 5.92 Å². The second-order valence-electron chi connectivity index (χ2n) is 5.67. The van der Waals surface area contributed by atoms with Gasteiger partial charge in [-0.1, -0.05) is 30.3 Å². The van der Waals surface area contributed by atoms with Crippen LogP contribution in [0.5, 0.6) is 0 Å². The van der Waals surface area contributed by atoms with Gasteiger partial charge >= 0.3 is 6.09 Å². The van der Waals surface area contributed by atoms with E-state index in [-0.39, 0.29) is 13.0 Å². The molecule has 9 nitrogen and oxygen atoms in total. The molecule has 0 radical (unpaired) electrons. The molecule has 0 aliphatic rings. The van der Waals surface area contributed by atoms with Crippen LogP contribution in [0.2, 0.25) is 0 Å². The lowest BCUT2D eigenvalue weighted by atomic mass is 10.0. The van der Waals surface area contributed by atoms with E-state index in [9.17, 15) is 19.5 Å². The number of carbonyl (C=O) groups is 3. The van der Waals surface area contributed by atoms with Gasteiger partial charge in [-0.05, 0) is 18.9 Å². The van der Waals surface area contributed by atoms with Crippen molar-refractivity contribution in [3.05, 3.63) is 35.9 Å². The number of nitrogens with zero attached hydrogens (tertiary/aromatic N) is 1. The molecule has 0 aliphatic heterocycles. The molecular formula is C17H22N4O5. The highest BCUT2D eigenvalue weighted by Crippen LogP contribution is 2.05. The first-order chi connectivity index (χ1) is 12.4. The number of aliphatic hydroxyl groups excluding tert-OH is 1. The Morgan fingerprint density at radius 3 is 2.42 bits per heavy atom. The van der Waals surface area contributed by atoms with E-state index in [1.165, 1.54) is 0 Å². The van der Waals surface area contributed by atoms with Crippen molar-refractivity contribution < 1.29 is 24.2 Å². The van der Waals surface area contributed by atoms with Gasteiger partial charge in [-0.25, -0.2) is 4.79 Å². The molecule has 0 unspecified atom stereocenters. The number of nitrogens with one attached hydrogen (secondary N) is 2. The summed E-state index contributed by atoms with van der Waals surface area (Å²) in [5, 5.41) is 22.6. The summed E-state index contributed by atoms with van der Waals surface area (Å²) >= 11 is 0. The predicted octanol–water partition coefficient (Wildman–Crippen LogP) is -0.206. The number of amides is 3. The lowest BCUT2D eigenvalue weighted by molar-refractivity contribution is -0.129. The van der Waals surface area contributed by atoms with E-state index in [1.807, 2.05) is 12.1 Å². The molecule has 0 bridgehead atoms. The fourth-order valence-electron chi connectivity index (χ4n) is 2.03. The molecule has 0 aromatic heterocycles. The maximum absolute atomic E-state index is 12.1. The van der Waals surface area contributed by atoms with Gasteiger partial charge in [0.05, 0.1) is 12.7 Å². The van der Waals surface area contributed by atoms with Crippen molar-refractivity contribution in [1.82, 2.24) is 10.6 Å². The van der Waals surface area contributed by atoms with Crippen LogP contribution in [0, 0.1) is 17.2 Å². The fourth-order valence-corrected chi connectivity index (χ4v) is 2.03. The first-order valence-corrected chi connectivity index (χ1v) is 7.94. The summed E-state index contributed by atoms with van der Waals surface area (Å²) in [5.41, 5.74) is 5.96. The number of benzene rings is 1. The lowest BCUT2D eigenvalue weighted by Gasteiger charge is -2.21. The first kappa shape index (κ1) is 20.9. The topological polar surface area (TPSA) is 155 Å². The van der Waals surface area contributed by atoms with E-state index in [0.717, 1.165) is 5.56 Å². The van der Waals surface area contributed by atoms with E-state index in [4.69, 9.17) is 15.7 Å². The molecular weight excluding hydrogens is 340 g/mol. The number of ether oxygens (including phenoxy) is 1. The third-order valence-corrected chi connectivity index (χ3v) is 3.47. The minimum Gasteiger partial charge on any atom is -0.445 e. The summed E-state index contributed by atoms with van der Waals surface area (Å²) in [6.07, 6.45) is -0.877. The number of carbonyl (C=O) groups excluding carboxylic acids is 3. The predicted molar refractivity (Wildman–Crippen MR) is 91.2 cm³/mol. The second kappa shape index (κ2) is 10.7. The third kappa shape index (κ3) is 7.19. The van der Waals surface area contributed by atoms with Crippen LogP contribution in [0.15, 0.2) is 30.3 Å². The van der Waals surface area contributed by atoms with Crippen molar-refractivity contribution in [1.29, 1.82) is 5.26 Å².